The van der Waals surface area contributed by atoms with Gasteiger partial charge in [0.05, 0.1) is 25.7 Å². The van der Waals surface area contributed by atoms with Gasteiger partial charge in [0, 0.05) is 5.56 Å². The lowest BCUT2D eigenvalue weighted by Gasteiger charge is -2.08. The zero-order chi connectivity index (χ0) is 13.3. The Labute approximate surface area is 124 Å². The van der Waals surface area contributed by atoms with Gasteiger partial charge in [0.1, 0.15) is 6.07 Å². The van der Waals surface area contributed by atoms with E-state index < -0.39 is 0 Å². The summed E-state index contributed by atoms with van der Waals surface area (Å²) in [5, 5.41) is 10.2. The fourth-order valence-electron chi connectivity index (χ4n) is 1.52. The summed E-state index contributed by atoms with van der Waals surface area (Å²) in [6.07, 6.45) is 0. The normalized spacial score (nSPS) is 10.2. The van der Waals surface area contributed by atoms with Crippen molar-refractivity contribution in [2.45, 2.75) is 0 Å². The molecule has 0 aliphatic heterocycles. The highest BCUT2D eigenvalue weighted by atomic mass is 35.5. The third-order valence-electron chi connectivity index (χ3n) is 2.44. The van der Waals surface area contributed by atoms with Crippen molar-refractivity contribution in [3.05, 3.63) is 56.0 Å². The van der Waals surface area contributed by atoms with Crippen LogP contribution in [0.5, 0.6) is 0 Å². The smallest absolute Gasteiger partial charge is 0.101 e. The molecule has 2 aromatic rings. The molecule has 0 saturated heterocycles. The molecule has 0 atom stereocenters. The highest BCUT2D eigenvalue weighted by Gasteiger charge is 2.11. The van der Waals surface area contributed by atoms with Crippen molar-refractivity contribution in [1.29, 1.82) is 5.26 Å². The van der Waals surface area contributed by atoms with Crippen molar-refractivity contribution in [1.82, 2.24) is 0 Å². The maximum atomic E-state index is 8.82. The predicted molar refractivity (Wildman–Crippen MR) is 76.6 cm³/mol. The fraction of sp³-hybridized carbons (Fsp3) is 0. The molecule has 0 heterocycles. The van der Waals surface area contributed by atoms with Gasteiger partial charge in [-0.1, -0.05) is 58.5 Å². The van der Waals surface area contributed by atoms with E-state index in [2.05, 4.69) is 0 Å². The molecule has 18 heavy (non-hydrogen) atoms. The van der Waals surface area contributed by atoms with Gasteiger partial charge >= 0.3 is 0 Å². The Kier molecular flexibility index (Phi) is 4.04. The average molecular weight is 317 g/mol. The Bertz CT molecular complexity index is 659. The van der Waals surface area contributed by atoms with Gasteiger partial charge in [-0.05, 0) is 23.8 Å². The van der Waals surface area contributed by atoms with Crippen LogP contribution in [0.15, 0.2) is 30.3 Å². The number of hydrogen-bond acceptors (Lipinski definition) is 1. The first-order chi connectivity index (χ1) is 8.54. The Morgan fingerprint density at radius 1 is 0.833 bits per heavy atom. The van der Waals surface area contributed by atoms with Crippen LogP contribution in [-0.2, 0) is 0 Å². The van der Waals surface area contributed by atoms with Crippen molar-refractivity contribution < 1.29 is 0 Å². The molecule has 0 saturated carbocycles. The van der Waals surface area contributed by atoms with Crippen molar-refractivity contribution in [2.75, 3.05) is 0 Å². The topological polar surface area (TPSA) is 23.8 Å². The number of halogens is 4. The number of hydrogen-bond donors (Lipinski definition) is 0. The zero-order valence-corrected chi connectivity index (χ0v) is 11.9. The lowest BCUT2D eigenvalue weighted by atomic mass is 10.0. The largest absolute Gasteiger partial charge is 0.192 e. The van der Waals surface area contributed by atoms with Crippen LogP contribution in [-0.4, -0.2) is 0 Å². The van der Waals surface area contributed by atoms with Crippen LogP contribution in [0.3, 0.4) is 0 Å². The second-order valence-corrected chi connectivity index (χ2v) is 5.10. The van der Waals surface area contributed by atoms with Crippen LogP contribution in [0.25, 0.3) is 11.1 Å². The minimum Gasteiger partial charge on any atom is -0.192 e. The summed E-state index contributed by atoms with van der Waals surface area (Å²) in [5.74, 6) is 0. The number of benzene rings is 2. The highest BCUT2D eigenvalue weighted by Crippen LogP contribution is 2.38. The number of nitriles is 1. The lowest BCUT2D eigenvalue weighted by molar-refractivity contribution is 1.48. The maximum Gasteiger partial charge on any atom is 0.101 e. The first kappa shape index (κ1) is 13.5. The van der Waals surface area contributed by atoms with Crippen molar-refractivity contribution in [2.24, 2.45) is 0 Å². The summed E-state index contributed by atoms with van der Waals surface area (Å²) in [6.45, 7) is 0. The SMILES string of the molecule is N#Cc1ccc(-c2ccc(Cl)c(Cl)c2Cl)cc1Cl. The Morgan fingerprint density at radius 2 is 1.56 bits per heavy atom. The molecule has 5 heteroatoms. The van der Waals surface area contributed by atoms with E-state index in [9.17, 15) is 0 Å². The minimum atomic E-state index is 0.302. The van der Waals surface area contributed by atoms with E-state index in [0.29, 0.717) is 25.7 Å². The van der Waals surface area contributed by atoms with Crippen molar-refractivity contribution in [3.8, 4) is 17.2 Å². The van der Waals surface area contributed by atoms with Crippen molar-refractivity contribution in [3.63, 3.8) is 0 Å². The quantitative estimate of drug-likeness (QED) is 0.606. The minimum absolute atomic E-state index is 0.302. The molecule has 1 nitrogen and oxygen atoms in total. The average Bonchev–Trinajstić information content (AvgIpc) is 2.36. The molecule has 0 bridgehead atoms. The summed E-state index contributed by atoms with van der Waals surface area (Å²) in [4.78, 5) is 0. The van der Waals surface area contributed by atoms with Crippen molar-refractivity contribution >= 4 is 46.4 Å². The van der Waals surface area contributed by atoms with E-state index in [1.54, 1.807) is 30.3 Å². The number of nitrogens with zero attached hydrogens (tertiary/aromatic N) is 1. The van der Waals surface area contributed by atoms with Crippen LogP contribution in [0.4, 0.5) is 0 Å². The lowest BCUT2D eigenvalue weighted by Crippen LogP contribution is -1.84. The molecular formula is C13H5Cl4N. The second-order valence-electron chi connectivity index (χ2n) is 3.53. The molecular weight excluding hydrogens is 312 g/mol. The van der Waals surface area contributed by atoms with Crippen LogP contribution in [0, 0.1) is 11.3 Å². The first-order valence-corrected chi connectivity index (χ1v) is 6.39. The van der Waals surface area contributed by atoms with E-state index in [4.69, 9.17) is 51.7 Å². The summed E-state index contributed by atoms with van der Waals surface area (Å²) < 4.78 is 0. The molecule has 0 fully saturated rings. The molecule has 0 radical (unpaired) electrons. The Balaban J connectivity index is 2.60. The Morgan fingerprint density at radius 3 is 2.17 bits per heavy atom. The molecule has 90 valence electrons. The van der Waals surface area contributed by atoms with Gasteiger partial charge < -0.3 is 0 Å². The van der Waals surface area contributed by atoms with E-state index in [1.165, 1.54) is 0 Å². The van der Waals surface area contributed by atoms with Crippen LogP contribution < -0.4 is 0 Å². The summed E-state index contributed by atoms with van der Waals surface area (Å²) in [7, 11) is 0. The molecule has 0 aliphatic rings. The summed E-state index contributed by atoms with van der Waals surface area (Å²) in [6, 6.07) is 10.5. The van der Waals surface area contributed by atoms with E-state index in [0.717, 1.165) is 11.1 Å². The zero-order valence-electron chi connectivity index (χ0n) is 8.85. The van der Waals surface area contributed by atoms with Gasteiger partial charge in [-0.3, -0.25) is 0 Å². The third-order valence-corrected chi connectivity index (χ3v) is 4.04. The van der Waals surface area contributed by atoms with Gasteiger partial charge in [0.25, 0.3) is 0 Å². The van der Waals surface area contributed by atoms with Gasteiger partial charge in [-0.25, -0.2) is 0 Å². The molecule has 0 N–H and O–H groups in total. The molecule has 0 spiro atoms. The van der Waals surface area contributed by atoms with Gasteiger partial charge in [-0.15, -0.1) is 0 Å². The monoisotopic (exact) mass is 315 g/mol. The summed E-state index contributed by atoms with van der Waals surface area (Å²) in [5.41, 5.74) is 1.91. The van der Waals surface area contributed by atoms with E-state index >= 15 is 0 Å². The van der Waals surface area contributed by atoms with Crippen LogP contribution in [0.2, 0.25) is 20.1 Å². The van der Waals surface area contributed by atoms with E-state index in [1.807, 2.05) is 6.07 Å². The first-order valence-electron chi connectivity index (χ1n) is 4.88. The Hall–Kier alpha value is -0.910. The standard InChI is InChI=1S/C13H5Cl4N/c14-10-4-3-9(12(16)13(10)17)7-1-2-8(6-18)11(15)5-7/h1-5H. The molecule has 2 aromatic carbocycles. The third kappa shape index (κ3) is 2.43. The van der Waals surface area contributed by atoms with Gasteiger partial charge in [0.15, 0.2) is 0 Å². The molecule has 0 aliphatic carbocycles. The summed E-state index contributed by atoms with van der Waals surface area (Å²) >= 11 is 24.0. The second kappa shape index (κ2) is 5.38. The van der Waals surface area contributed by atoms with Crippen LogP contribution >= 0.6 is 46.4 Å². The molecule has 2 rings (SSSR count). The maximum absolute atomic E-state index is 8.82. The van der Waals surface area contributed by atoms with Gasteiger partial charge in [-0.2, -0.15) is 5.26 Å². The van der Waals surface area contributed by atoms with Gasteiger partial charge in [0.2, 0.25) is 0 Å². The van der Waals surface area contributed by atoms with Crippen LogP contribution in [0.1, 0.15) is 5.56 Å². The molecule has 0 aromatic heterocycles. The molecule has 0 unspecified atom stereocenters. The highest BCUT2D eigenvalue weighted by molar-refractivity contribution is 6.49. The number of rotatable bonds is 1. The fourth-order valence-corrected chi connectivity index (χ4v) is 2.39. The van der Waals surface area contributed by atoms with E-state index in [-0.39, 0.29) is 0 Å². The predicted octanol–water partition coefficient (Wildman–Crippen LogP) is 5.84. The molecule has 0 amide bonds.